The van der Waals surface area contributed by atoms with Gasteiger partial charge in [0.05, 0.1) is 11.0 Å². The first-order valence-electron chi connectivity index (χ1n) is 15.1. The lowest BCUT2D eigenvalue weighted by molar-refractivity contribution is 1.19. The van der Waals surface area contributed by atoms with Gasteiger partial charge in [0, 0.05) is 44.2 Å². The highest BCUT2D eigenvalue weighted by atomic mass is 15.0. The van der Waals surface area contributed by atoms with Crippen LogP contribution in [0.5, 0.6) is 0 Å². The summed E-state index contributed by atoms with van der Waals surface area (Å²) in [6, 6.07) is 58.9. The monoisotopic (exact) mass is 560 g/mol. The van der Waals surface area contributed by atoms with Crippen molar-refractivity contribution >= 4 is 65.5 Å². The standard InChI is InChI=1S/C42H28N2/c1-2-13-28(14-3-1)32-18-8-10-23-38(32)43-30-16-12-17-31(27-30)44-39-24-11-9-22-37(39)41-40-33-19-5-4-15-29(33)25-26-35(40)34-20-6-7-21-36(34)42(41)44/h1-27,43H. The first kappa shape index (κ1) is 24.7. The molecule has 44 heavy (non-hydrogen) atoms. The molecule has 0 unspecified atom stereocenters. The Morgan fingerprint density at radius 2 is 1.14 bits per heavy atom. The van der Waals surface area contributed by atoms with Gasteiger partial charge < -0.3 is 9.88 Å². The van der Waals surface area contributed by atoms with E-state index in [1.807, 2.05) is 0 Å². The van der Waals surface area contributed by atoms with E-state index < -0.39 is 0 Å². The molecule has 0 amide bonds. The van der Waals surface area contributed by atoms with Crippen molar-refractivity contribution in [1.29, 1.82) is 0 Å². The molecule has 0 radical (unpaired) electrons. The summed E-state index contributed by atoms with van der Waals surface area (Å²) in [5.41, 5.74) is 8.08. The van der Waals surface area contributed by atoms with Gasteiger partial charge in [-0.05, 0) is 57.4 Å². The maximum absolute atomic E-state index is 3.75. The van der Waals surface area contributed by atoms with Crippen LogP contribution < -0.4 is 5.32 Å². The number of aromatic nitrogens is 1. The van der Waals surface area contributed by atoms with E-state index in [0.29, 0.717) is 0 Å². The van der Waals surface area contributed by atoms with Crippen molar-refractivity contribution in [2.45, 2.75) is 0 Å². The molecule has 0 bridgehead atoms. The molecule has 0 spiro atoms. The van der Waals surface area contributed by atoms with Crippen LogP contribution in [0.4, 0.5) is 11.4 Å². The minimum Gasteiger partial charge on any atom is -0.355 e. The molecule has 2 nitrogen and oxygen atoms in total. The van der Waals surface area contributed by atoms with E-state index >= 15 is 0 Å². The number of nitrogens with one attached hydrogen (secondary N) is 1. The van der Waals surface area contributed by atoms with Crippen LogP contribution in [0.25, 0.3) is 70.9 Å². The summed E-state index contributed by atoms with van der Waals surface area (Å²) in [6.45, 7) is 0. The number of fused-ring (bicyclic) bond motifs is 10. The van der Waals surface area contributed by atoms with Crippen LogP contribution in [0.1, 0.15) is 0 Å². The van der Waals surface area contributed by atoms with Gasteiger partial charge in [0.15, 0.2) is 0 Å². The lowest BCUT2D eigenvalue weighted by atomic mass is 9.93. The normalized spacial score (nSPS) is 11.6. The average molecular weight is 561 g/mol. The van der Waals surface area contributed by atoms with Gasteiger partial charge in [-0.3, -0.25) is 0 Å². The van der Waals surface area contributed by atoms with Crippen molar-refractivity contribution < 1.29 is 0 Å². The van der Waals surface area contributed by atoms with Gasteiger partial charge in [-0.25, -0.2) is 0 Å². The van der Waals surface area contributed by atoms with Crippen molar-refractivity contribution in [2.75, 3.05) is 5.32 Å². The Labute approximate surface area is 255 Å². The van der Waals surface area contributed by atoms with Crippen LogP contribution in [-0.2, 0) is 0 Å². The predicted octanol–water partition coefficient (Wildman–Crippen LogP) is 11.7. The second kappa shape index (κ2) is 9.86. The molecule has 0 saturated carbocycles. The van der Waals surface area contributed by atoms with Gasteiger partial charge >= 0.3 is 0 Å². The van der Waals surface area contributed by atoms with Gasteiger partial charge in [0.1, 0.15) is 0 Å². The molecule has 1 aromatic heterocycles. The van der Waals surface area contributed by atoms with Gasteiger partial charge in [-0.1, -0.05) is 133 Å². The van der Waals surface area contributed by atoms with E-state index in [0.717, 1.165) is 17.1 Å². The summed E-state index contributed by atoms with van der Waals surface area (Å²) >= 11 is 0. The topological polar surface area (TPSA) is 17.0 Å². The minimum atomic E-state index is 1.05. The lowest BCUT2D eigenvalue weighted by Gasteiger charge is -2.16. The van der Waals surface area contributed by atoms with E-state index in [2.05, 4.69) is 174 Å². The molecule has 0 saturated heterocycles. The Balaban J connectivity index is 1.33. The number of para-hydroxylation sites is 2. The van der Waals surface area contributed by atoms with Gasteiger partial charge in [0.25, 0.3) is 0 Å². The Morgan fingerprint density at radius 1 is 0.432 bits per heavy atom. The minimum absolute atomic E-state index is 1.05. The van der Waals surface area contributed by atoms with Crippen molar-refractivity contribution in [1.82, 2.24) is 4.57 Å². The summed E-state index contributed by atoms with van der Waals surface area (Å²) < 4.78 is 2.46. The van der Waals surface area contributed by atoms with Crippen LogP contribution in [0.2, 0.25) is 0 Å². The number of hydrogen-bond donors (Lipinski definition) is 1. The van der Waals surface area contributed by atoms with Crippen LogP contribution in [0, 0.1) is 0 Å². The first-order valence-corrected chi connectivity index (χ1v) is 15.1. The molecule has 0 aliphatic rings. The second-order valence-electron chi connectivity index (χ2n) is 11.4. The molecule has 9 rings (SSSR count). The average Bonchev–Trinajstić information content (AvgIpc) is 3.44. The Bertz CT molecular complexity index is 2520. The third-order valence-corrected chi connectivity index (χ3v) is 8.92. The van der Waals surface area contributed by atoms with E-state index in [1.54, 1.807) is 0 Å². The van der Waals surface area contributed by atoms with Crippen molar-refractivity contribution in [3.63, 3.8) is 0 Å². The zero-order chi connectivity index (χ0) is 29.0. The molecule has 0 aliphatic carbocycles. The van der Waals surface area contributed by atoms with Crippen LogP contribution in [0.15, 0.2) is 164 Å². The number of benzene rings is 8. The molecule has 1 N–H and O–H groups in total. The van der Waals surface area contributed by atoms with Crippen LogP contribution in [-0.4, -0.2) is 4.57 Å². The zero-order valence-corrected chi connectivity index (χ0v) is 24.0. The third kappa shape index (κ3) is 3.75. The zero-order valence-electron chi connectivity index (χ0n) is 24.0. The quantitative estimate of drug-likeness (QED) is 0.212. The fraction of sp³-hybridized carbons (Fsp3) is 0. The number of hydrogen-bond acceptors (Lipinski definition) is 1. The summed E-state index contributed by atoms with van der Waals surface area (Å²) in [6.07, 6.45) is 0. The fourth-order valence-corrected chi connectivity index (χ4v) is 7.05. The lowest BCUT2D eigenvalue weighted by Crippen LogP contribution is -1.98. The van der Waals surface area contributed by atoms with Gasteiger partial charge in [-0.2, -0.15) is 0 Å². The van der Waals surface area contributed by atoms with Crippen LogP contribution >= 0.6 is 0 Å². The van der Waals surface area contributed by atoms with Crippen molar-refractivity contribution in [3.8, 4) is 16.8 Å². The van der Waals surface area contributed by atoms with Crippen molar-refractivity contribution in [2.24, 2.45) is 0 Å². The SMILES string of the molecule is c1ccc(-c2ccccc2Nc2cccc(-n3c4ccccc4c4c5c6ccccc6ccc5c5ccccc5c43)c2)cc1. The molecule has 8 aromatic carbocycles. The predicted molar refractivity (Wildman–Crippen MR) is 188 cm³/mol. The second-order valence-corrected chi connectivity index (χ2v) is 11.4. The van der Waals surface area contributed by atoms with Crippen molar-refractivity contribution in [3.05, 3.63) is 164 Å². The Kier molecular flexibility index (Phi) is 5.54. The molecule has 1 heterocycles. The highest BCUT2D eigenvalue weighted by Crippen LogP contribution is 2.44. The number of anilines is 2. The molecule has 2 heteroatoms. The van der Waals surface area contributed by atoms with Crippen LogP contribution in [0.3, 0.4) is 0 Å². The third-order valence-electron chi connectivity index (χ3n) is 8.92. The van der Waals surface area contributed by atoms with Gasteiger partial charge in [-0.15, -0.1) is 0 Å². The summed E-state index contributed by atoms with van der Waals surface area (Å²) in [4.78, 5) is 0. The summed E-state index contributed by atoms with van der Waals surface area (Å²) in [5, 5.41) is 14.0. The molecule has 0 fully saturated rings. The van der Waals surface area contributed by atoms with Gasteiger partial charge in [0.2, 0.25) is 0 Å². The summed E-state index contributed by atoms with van der Waals surface area (Å²) in [5.74, 6) is 0. The smallest absolute Gasteiger partial charge is 0.0626 e. The van der Waals surface area contributed by atoms with E-state index in [-0.39, 0.29) is 0 Å². The summed E-state index contributed by atoms with van der Waals surface area (Å²) in [7, 11) is 0. The van der Waals surface area contributed by atoms with E-state index in [1.165, 1.54) is 65.3 Å². The molecular weight excluding hydrogens is 532 g/mol. The van der Waals surface area contributed by atoms with E-state index in [4.69, 9.17) is 0 Å². The maximum Gasteiger partial charge on any atom is 0.0626 e. The molecule has 206 valence electrons. The maximum atomic E-state index is 3.75. The molecule has 9 aromatic rings. The highest BCUT2D eigenvalue weighted by molar-refractivity contribution is 6.36. The molecule has 0 atom stereocenters. The number of rotatable bonds is 4. The molecular formula is C42H28N2. The highest BCUT2D eigenvalue weighted by Gasteiger charge is 2.20. The largest absolute Gasteiger partial charge is 0.355 e. The Hall–Kier alpha value is -5.86. The number of nitrogens with zero attached hydrogens (tertiary/aromatic N) is 1. The Morgan fingerprint density at radius 3 is 2.02 bits per heavy atom. The fourth-order valence-electron chi connectivity index (χ4n) is 7.05. The first-order chi connectivity index (χ1) is 21.8. The van der Waals surface area contributed by atoms with E-state index in [9.17, 15) is 0 Å². The molecule has 0 aliphatic heterocycles.